The van der Waals surface area contributed by atoms with Gasteiger partial charge >= 0.3 is 18.3 Å². The Morgan fingerprint density at radius 3 is 2.42 bits per heavy atom. The van der Waals surface area contributed by atoms with E-state index in [1.807, 2.05) is 5.32 Å². The minimum Gasteiger partial charge on any atom is -0.493 e. The van der Waals surface area contributed by atoms with E-state index >= 15 is 8.78 Å². The van der Waals surface area contributed by atoms with Crippen molar-refractivity contribution in [2.45, 2.75) is 43.7 Å². The summed E-state index contributed by atoms with van der Waals surface area (Å²) in [5.74, 6) is -6.21. The molecule has 2 atom stereocenters. The topological polar surface area (TPSA) is 123 Å². The van der Waals surface area contributed by atoms with Crippen LogP contribution in [0.4, 0.5) is 40.8 Å². The summed E-state index contributed by atoms with van der Waals surface area (Å²) in [5, 5.41) is 11.9. The molecule has 0 spiro atoms. The van der Waals surface area contributed by atoms with E-state index < -0.39 is 89.2 Å². The molecular weight excluding hydrogens is 664 g/mol. The van der Waals surface area contributed by atoms with Gasteiger partial charge in [0.15, 0.2) is 5.69 Å². The number of hydrogen-bond donors (Lipinski definition) is 2. The minimum atomic E-state index is -4.87. The lowest BCUT2D eigenvalue weighted by Gasteiger charge is -2.38. The number of aromatic nitrogens is 2. The number of benzene rings is 2. The number of ether oxygens (including phenoxy) is 2. The smallest absolute Gasteiger partial charge is 0.434 e. The quantitative estimate of drug-likeness (QED) is 0.353. The van der Waals surface area contributed by atoms with Crippen molar-refractivity contribution in [3.05, 3.63) is 74.8 Å². The van der Waals surface area contributed by atoms with Crippen molar-refractivity contribution < 1.29 is 59.3 Å². The number of morpholine rings is 1. The third-order valence-corrected chi connectivity index (χ3v) is 7.91. The van der Waals surface area contributed by atoms with Crippen molar-refractivity contribution in [1.29, 1.82) is 0 Å². The Bertz CT molecular complexity index is 1790. The number of fused-ring (bicyclic) bond motifs is 1. The lowest BCUT2D eigenvalue weighted by Crippen LogP contribution is -2.53. The van der Waals surface area contributed by atoms with Gasteiger partial charge < -0.3 is 29.4 Å². The lowest BCUT2D eigenvalue weighted by molar-refractivity contribution is -0.167. The zero-order chi connectivity index (χ0) is 35.1. The van der Waals surface area contributed by atoms with Crippen LogP contribution in [-0.2, 0) is 35.6 Å². The van der Waals surface area contributed by atoms with Crippen LogP contribution in [0.3, 0.4) is 0 Å². The van der Waals surface area contributed by atoms with Crippen LogP contribution in [0.1, 0.15) is 33.6 Å². The first kappa shape index (κ1) is 34.6. The first-order chi connectivity index (χ1) is 22.5. The molecule has 1 amide bonds. The zero-order valence-electron chi connectivity index (χ0n) is 24.8. The summed E-state index contributed by atoms with van der Waals surface area (Å²) in [5.41, 5.74) is -3.99. The van der Waals surface area contributed by atoms with Crippen LogP contribution in [0.25, 0.3) is 11.3 Å². The second kappa shape index (κ2) is 13.0. The van der Waals surface area contributed by atoms with Crippen LogP contribution in [0, 0.1) is 11.6 Å². The summed E-state index contributed by atoms with van der Waals surface area (Å²) < 4.78 is 122. The summed E-state index contributed by atoms with van der Waals surface area (Å²) in [7, 11) is 1.12. The third-order valence-electron chi connectivity index (χ3n) is 7.91. The molecule has 48 heavy (non-hydrogen) atoms. The Labute approximate surface area is 265 Å². The number of halogens is 8. The Morgan fingerprint density at radius 2 is 1.79 bits per heavy atom. The van der Waals surface area contributed by atoms with Gasteiger partial charge in [0.05, 0.1) is 19.8 Å². The lowest BCUT2D eigenvalue weighted by atomic mass is 9.91. The number of carbonyl (C=O) groups is 2. The zero-order valence-corrected chi connectivity index (χ0v) is 24.8. The molecule has 0 unspecified atom stereocenters. The van der Waals surface area contributed by atoms with Crippen LogP contribution in [-0.4, -0.2) is 71.2 Å². The number of nitrogens with one attached hydrogen (secondary N) is 1. The van der Waals surface area contributed by atoms with Crippen molar-refractivity contribution in [1.82, 2.24) is 14.9 Å². The van der Waals surface area contributed by atoms with Crippen LogP contribution < -0.4 is 20.5 Å². The fraction of sp³-hybridized carbons (Fsp3) is 0.400. The van der Waals surface area contributed by atoms with Crippen molar-refractivity contribution in [3.8, 4) is 17.0 Å². The number of carbonyl (C=O) groups excluding carboxylic acids is 1. The first-order valence-electron chi connectivity index (χ1n) is 14.3. The molecule has 1 fully saturated rings. The van der Waals surface area contributed by atoms with E-state index in [2.05, 4.69) is 4.98 Å². The fourth-order valence-corrected chi connectivity index (χ4v) is 5.60. The first-order valence-corrected chi connectivity index (χ1v) is 14.3. The highest BCUT2D eigenvalue weighted by atomic mass is 19.4. The van der Waals surface area contributed by atoms with Crippen molar-refractivity contribution >= 4 is 17.6 Å². The molecule has 0 radical (unpaired) electrons. The number of anilines is 1. The molecule has 3 aromatic rings. The maximum absolute atomic E-state index is 15.1. The molecule has 2 aromatic carbocycles. The Balaban J connectivity index is 1.44. The Kier molecular flexibility index (Phi) is 9.40. The molecule has 2 N–H and O–H groups in total. The number of aryl methyl sites for hydroxylation is 1. The number of alkyl halides is 6. The summed E-state index contributed by atoms with van der Waals surface area (Å²) in [4.78, 5) is 42.2. The fourth-order valence-electron chi connectivity index (χ4n) is 5.60. The van der Waals surface area contributed by atoms with E-state index in [4.69, 9.17) is 9.47 Å². The highest BCUT2D eigenvalue weighted by Crippen LogP contribution is 2.38. The second-order valence-electron chi connectivity index (χ2n) is 11.1. The molecule has 0 bridgehead atoms. The van der Waals surface area contributed by atoms with Crippen LogP contribution in [0.2, 0.25) is 0 Å². The molecule has 2 aliphatic heterocycles. The molecule has 258 valence electrons. The third kappa shape index (κ3) is 6.93. The SMILES string of the molecule is Cn1cc(C(F)(F)F)nc(-c2ccc(C[C@H](NC(=O)c3c(F)cc(N4CCOC[C@@H]4C(F)(F)F)cc3F)C(=O)O)c3c2OCCC3)c1=O. The van der Waals surface area contributed by atoms with Crippen molar-refractivity contribution in [2.24, 2.45) is 7.05 Å². The van der Waals surface area contributed by atoms with Gasteiger partial charge in [-0.2, -0.15) is 26.3 Å². The van der Waals surface area contributed by atoms with E-state index in [0.29, 0.717) is 39.8 Å². The largest absolute Gasteiger partial charge is 0.493 e. The number of amides is 1. The average Bonchev–Trinajstić information content (AvgIpc) is 3.01. The van der Waals surface area contributed by atoms with E-state index in [-0.39, 0.29) is 43.1 Å². The van der Waals surface area contributed by atoms with Gasteiger partial charge in [0, 0.05) is 37.5 Å². The molecule has 10 nitrogen and oxygen atoms in total. The molecule has 0 saturated carbocycles. The highest BCUT2D eigenvalue weighted by Gasteiger charge is 2.46. The van der Waals surface area contributed by atoms with Gasteiger partial charge in [0.1, 0.15) is 40.7 Å². The molecular formula is C30H26F8N4O6. The summed E-state index contributed by atoms with van der Waals surface area (Å²) in [6, 6.07) is -0.382. The molecule has 0 aliphatic carbocycles. The number of carboxylic acid groups (broad SMARTS) is 1. The number of nitrogens with zero attached hydrogens (tertiary/aromatic N) is 3. The van der Waals surface area contributed by atoms with Crippen molar-refractivity contribution in [2.75, 3.05) is 31.3 Å². The number of hydrogen-bond acceptors (Lipinski definition) is 7. The van der Waals surface area contributed by atoms with E-state index in [1.54, 1.807) is 0 Å². The molecule has 1 saturated heterocycles. The Morgan fingerprint density at radius 1 is 1.10 bits per heavy atom. The summed E-state index contributed by atoms with van der Waals surface area (Å²) in [6.45, 7) is -1.16. The minimum absolute atomic E-state index is 0.00825. The van der Waals surface area contributed by atoms with Crippen LogP contribution in [0.5, 0.6) is 5.75 Å². The highest BCUT2D eigenvalue weighted by molar-refractivity contribution is 5.97. The van der Waals surface area contributed by atoms with E-state index in [0.717, 1.165) is 7.05 Å². The predicted molar refractivity (Wildman–Crippen MR) is 151 cm³/mol. The van der Waals surface area contributed by atoms with E-state index in [1.165, 1.54) is 12.1 Å². The maximum atomic E-state index is 15.1. The van der Waals surface area contributed by atoms with Gasteiger partial charge in [-0.15, -0.1) is 0 Å². The van der Waals surface area contributed by atoms with Crippen LogP contribution in [0.15, 0.2) is 35.3 Å². The predicted octanol–water partition coefficient (Wildman–Crippen LogP) is 4.26. The molecule has 2 aliphatic rings. The van der Waals surface area contributed by atoms with Crippen LogP contribution >= 0.6 is 0 Å². The van der Waals surface area contributed by atoms with Gasteiger partial charge in [-0.3, -0.25) is 9.59 Å². The van der Waals surface area contributed by atoms with Gasteiger partial charge in [0.2, 0.25) is 0 Å². The normalized spacial score (nSPS) is 17.4. The van der Waals surface area contributed by atoms with Gasteiger partial charge in [-0.05, 0) is 42.2 Å². The monoisotopic (exact) mass is 690 g/mol. The van der Waals surface area contributed by atoms with Gasteiger partial charge in [-0.1, -0.05) is 6.07 Å². The summed E-state index contributed by atoms with van der Waals surface area (Å²) >= 11 is 0. The molecule has 18 heteroatoms. The number of rotatable bonds is 7. The molecule has 1 aromatic heterocycles. The summed E-state index contributed by atoms with van der Waals surface area (Å²) in [6.07, 6.45) is -8.97. The maximum Gasteiger partial charge on any atom is 0.434 e. The average molecular weight is 691 g/mol. The molecule has 5 rings (SSSR count). The standard InChI is InChI=1S/C30H26F8N4O6/c1-41-12-21(29(33,34)35)40-24(27(41)44)17-5-4-14(16-3-2-7-48-25(16)17)9-20(28(45)46)39-26(43)23-18(31)10-15(11-19(23)32)42-6-8-47-13-22(42)30(36,37)38/h4-5,10-12,20,22H,2-3,6-9,13H2,1H3,(H,39,43)(H,45,46)/t20-,22+/m0/s1. The van der Waals surface area contributed by atoms with Gasteiger partial charge in [-0.25, -0.2) is 18.6 Å². The van der Waals surface area contributed by atoms with Gasteiger partial charge in [0.25, 0.3) is 11.5 Å². The second-order valence-corrected chi connectivity index (χ2v) is 11.1. The van der Waals surface area contributed by atoms with Crippen molar-refractivity contribution in [3.63, 3.8) is 0 Å². The number of carboxylic acids is 1. The molecule has 3 heterocycles. The Hall–Kier alpha value is -4.74. The number of aliphatic carboxylic acids is 1. The van der Waals surface area contributed by atoms with E-state index in [9.17, 15) is 45.8 Å².